The monoisotopic (exact) mass is 336 g/mol. The highest BCUT2D eigenvalue weighted by Crippen LogP contribution is 2.28. The third kappa shape index (κ3) is 3.29. The predicted molar refractivity (Wildman–Crippen MR) is 85.3 cm³/mol. The van der Waals surface area contributed by atoms with Gasteiger partial charge in [-0.1, -0.05) is 28.1 Å². The fourth-order valence-corrected chi connectivity index (χ4v) is 3.09. The summed E-state index contributed by atoms with van der Waals surface area (Å²) < 4.78 is 3.15. The van der Waals surface area contributed by atoms with Crippen LogP contribution in [0.15, 0.2) is 35.1 Å². The molecule has 0 spiro atoms. The lowest BCUT2D eigenvalue weighted by Gasteiger charge is -2.28. The van der Waals surface area contributed by atoms with Crippen molar-refractivity contribution >= 4 is 15.9 Å². The maximum absolute atomic E-state index is 5.99. The Balaban J connectivity index is 2.21. The second-order valence-corrected chi connectivity index (χ2v) is 6.00. The number of benzene rings is 1. The molecule has 0 aliphatic heterocycles. The summed E-state index contributed by atoms with van der Waals surface area (Å²) in [6.45, 7) is 3.43. The van der Waals surface area contributed by atoms with Crippen molar-refractivity contribution in [1.82, 2.24) is 14.5 Å². The molecular formula is C15H21BrN4. The Hall–Kier alpha value is -1.17. The summed E-state index contributed by atoms with van der Waals surface area (Å²) in [6.07, 6.45) is 3.78. The van der Waals surface area contributed by atoms with Crippen LogP contribution in [0.5, 0.6) is 0 Å². The van der Waals surface area contributed by atoms with Crippen molar-refractivity contribution in [2.75, 3.05) is 13.6 Å². The first kappa shape index (κ1) is 15.2. The van der Waals surface area contributed by atoms with Gasteiger partial charge in [0, 0.05) is 36.5 Å². The summed E-state index contributed by atoms with van der Waals surface area (Å²) in [5.74, 6) is 1.04. The number of halogens is 1. The highest BCUT2D eigenvalue weighted by Gasteiger charge is 2.19. The van der Waals surface area contributed by atoms with Gasteiger partial charge in [0.2, 0.25) is 0 Å². The lowest BCUT2D eigenvalue weighted by molar-refractivity contribution is 0.233. The molecule has 5 heteroatoms. The molecule has 1 atom stereocenters. The Kier molecular flexibility index (Phi) is 4.96. The standard InChI is InChI=1S/C15H21BrN4/c1-11-4-5-12(13(16)8-11)14(9-17)20(3)10-15-18-6-7-19(15)2/h4-8,14H,9-10,17H2,1-3H3. The second kappa shape index (κ2) is 6.52. The molecule has 0 fully saturated rings. The lowest BCUT2D eigenvalue weighted by Crippen LogP contribution is -2.31. The van der Waals surface area contributed by atoms with Crippen LogP contribution in [-0.4, -0.2) is 28.0 Å². The van der Waals surface area contributed by atoms with Crippen molar-refractivity contribution in [3.63, 3.8) is 0 Å². The summed E-state index contributed by atoms with van der Waals surface area (Å²) in [7, 11) is 4.09. The minimum atomic E-state index is 0.168. The van der Waals surface area contributed by atoms with Gasteiger partial charge in [0.25, 0.3) is 0 Å². The fourth-order valence-electron chi connectivity index (χ4n) is 2.33. The number of hydrogen-bond donors (Lipinski definition) is 1. The van der Waals surface area contributed by atoms with E-state index in [0.717, 1.165) is 16.8 Å². The van der Waals surface area contributed by atoms with E-state index in [2.05, 4.69) is 58.0 Å². The zero-order valence-corrected chi connectivity index (χ0v) is 13.8. The average molecular weight is 337 g/mol. The van der Waals surface area contributed by atoms with Crippen LogP contribution in [0.3, 0.4) is 0 Å². The molecule has 2 aromatic rings. The third-order valence-electron chi connectivity index (χ3n) is 3.58. The van der Waals surface area contributed by atoms with Gasteiger partial charge in [-0.25, -0.2) is 4.98 Å². The summed E-state index contributed by atoms with van der Waals surface area (Å²) in [5, 5.41) is 0. The Morgan fingerprint density at radius 2 is 2.20 bits per heavy atom. The number of rotatable bonds is 5. The van der Waals surface area contributed by atoms with Crippen molar-refractivity contribution in [2.45, 2.75) is 19.5 Å². The number of nitrogens with two attached hydrogens (primary N) is 1. The molecule has 2 rings (SSSR count). The van der Waals surface area contributed by atoms with Crippen molar-refractivity contribution in [1.29, 1.82) is 0 Å². The molecule has 4 nitrogen and oxygen atoms in total. The maximum atomic E-state index is 5.99. The minimum Gasteiger partial charge on any atom is -0.337 e. The Morgan fingerprint density at radius 3 is 2.75 bits per heavy atom. The van der Waals surface area contributed by atoms with Gasteiger partial charge < -0.3 is 10.3 Å². The fraction of sp³-hybridized carbons (Fsp3) is 0.400. The smallest absolute Gasteiger partial charge is 0.122 e. The molecule has 1 aromatic carbocycles. The van der Waals surface area contributed by atoms with Crippen LogP contribution in [0.2, 0.25) is 0 Å². The van der Waals surface area contributed by atoms with E-state index in [4.69, 9.17) is 5.73 Å². The van der Waals surface area contributed by atoms with Gasteiger partial charge in [-0.15, -0.1) is 0 Å². The molecule has 0 amide bonds. The number of hydrogen-bond acceptors (Lipinski definition) is 3. The lowest BCUT2D eigenvalue weighted by atomic mass is 10.0. The summed E-state index contributed by atoms with van der Waals surface area (Å²) >= 11 is 3.65. The van der Waals surface area contributed by atoms with E-state index in [1.54, 1.807) is 0 Å². The normalized spacial score (nSPS) is 12.9. The third-order valence-corrected chi connectivity index (χ3v) is 4.27. The van der Waals surface area contributed by atoms with Crippen molar-refractivity contribution in [3.05, 3.63) is 52.0 Å². The van der Waals surface area contributed by atoms with Gasteiger partial charge in [0.15, 0.2) is 0 Å². The summed E-state index contributed by atoms with van der Waals surface area (Å²) in [4.78, 5) is 6.61. The SMILES string of the molecule is Cc1ccc(C(CN)N(C)Cc2nccn2C)c(Br)c1. The van der Waals surface area contributed by atoms with E-state index in [-0.39, 0.29) is 6.04 Å². The molecule has 1 aromatic heterocycles. The van der Waals surface area contributed by atoms with Crippen LogP contribution in [0.4, 0.5) is 0 Å². The number of aromatic nitrogens is 2. The Labute approximate surface area is 128 Å². The van der Waals surface area contributed by atoms with Gasteiger partial charge in [0.1, 0.15) is 5.82 Å². The Morgan fingerprint density at radius 1 is 1.45 bits per heavy atom. The quantitative estimate of drug-likeness (QED) is 0.912. The maximum Gasteiger partial charge on any atom is 0.122 e. The predicted octanol–water partition coefficient (Wildman–Crippen LogP) is 2.62. The molecule has 1 unspecified atom stereocenters. The van der Waals surface area contributed by atoms with Crippen LogP contribution in [0, 0.1) is 6.92 Å². The van der Waals surface area contributed by atoms with E-state index in [0.29, 0.717) is 6.54 Å². The summed E-state index contributed by atoms with van der Waals surface area (Å²) in [5.41, 5.74) is 8.45. The largest absolute Gasteiger partial charge is 0.337 e. The highest BCUT2D eigenvalue weighted by molar-refractivity contribution is 9.10. The van der Waals surface area contributed by atoms with Gasteiger partial charge in [0.05, 0.1) is 6.54 Å². The molecule has 108 valence electrons. The van der Waals surface area contributed by atoms with Crippen molar-refractivity contribution < 1.29 is 0 Å². The van der Waals surface area contributed by atoms with Gasteiger partial charge in [-0.2, -0.15) is 0 Å². The molecule has 0 aliphatic carbocycles. The van der Waals surface area contributed by atoms with Gasteiger partial charge >= 0.3 is 0 Å². The van der Waals surface area contributed by atoms with Crippen LogP contribution in [-0.2, 0) is 13.6 Å². The zero-order chi connectivity index (χ0) is 14.7. The number of aryl methyl sites for hydroxylation is 2. The average Bonchev–Trinajstić information content (AvgIpc) is 2.78. The summed E-state index contributed by atoms with van der Waals surface area (Å²) in [6, 6.07) is 6.57. The van der Waals surface area contributed by atoms with Gasteiger partial charge in [-0.05, 0) is 31.2 Å². The molecule has 20 heavy (non-hydrogen) atoms. The first-order chi connectivity index (χ1) is 9.52. The number of likely N-dealkylation sites (N-methyl/N-ethyl adjacent to an activating group) is 1. The first-order valence-corrected chi connectivity index (χ1v) is 7.44. The highest BCUT2D eigenvalue weighted by atomic mass is 79.9. The van der Waals surface area contributed by atoms with Crippen LogP contribution < -0.4 is 5.73 Å². The molecule has 0 radical (unpaired) electrons. The van der Waals surface area contributed by atoms with E-state index < -0.39 is 0 Å². The van der Waals surface area contributed by atoms with Crippen molar-refractivity contribution in [3.8, 4) is 0 Å². The van der Waals surface area contributed by atoms with E-state index in [9.17, 15) is 0 Å². The number of imidazole rings is 1. The van der Waals surface area contributed by atoms with Crippen LogP contribution in [0.1, 0.15) is 23.0 Å². The molecule has 0 aliphatic rings. The van der Waals surface area contributed by atoms with Gasteiger partial charge in [-0.3, -0.25) is 4.90 Å². The molecule has 0 bridgehead atoms. The van der Waals surface area contributed by atoms with E-state index >= 15 is 0 Å². The minimum absolute atomic E-state index is 0.168. The zero-order valence-electron chi connectivity index (χ0n) is 12.2. The topological polar surface area (TPSA) is 47.1 Å². The van der Waals surface area contributed by atoms with E-state index in [1.807, 2.05) is 24.0 Å². The molecule has 2 N–H and O–H groups in total. The second-order valence-electron chi connectivity index (χ2n) is 5.15. The van der Waals surface area contributed by atoms with Crippen LogP contribution in [0.25, 0.3) is 0 Å². The Bertz CT molecular complexity index is 579. The number of nitrogens with zero attached hydrogens (tertiary/aromatic N) is 3. The molecule has 0 saturated carbocycles. The first-order valence-electron chi connectivity index (χ1n) is 6.65. The molecular weight excluding hydrogens is 316 g/mol. The molecule has 1 heterocycles. The van der Waals surface area contributed by atoms with Crippen LogP contribution >= 0.6 is 15.9 Å². The van der Waals surface area contributed by atoms with Crippen molar-refractivity contribution in [2.24, 2.45) is 12.8 Å². The van der Waals surface area contributed by atoms with E-state index in [1.165, 1.54) is 11.1 Å². The molecule has 0 saturated heterocycles.